The van der Waals surface area contributed by atoms with Crippen molar-refractivity contribution >= 4 is 5.97 Å². The highest BCUT2D eigenvalue weighted by atomic mass is 16.5. The lowest BCUT2D eigenvalue weighted by atomic mass is 10.2. The smallest absolute Gasteiger partial charge is 0.374 e. The minimum atomic E-state index is -0.453. The lowest BCUT2D eigenvalue weighted by molar-refractivity contribution is 0.0559. The molecule has 1 N–H and O–H groups in total. The van der Waals surface area contributed by atoms with Crippen LogP contribution in [0.2, 0.25) is 0 Å². The van der Waals surface area contributed by atoms with Crippen molar-refractivity contribution in [2.75, 3.05) is 26.8 Å². The normalized spacial score (nSPS) is 11.0. The third-order valence-corrected chi connectivity index (χ3v) is 2.96. The molecule has 0 saturated heterocycles. The van der Waals surface area contributed by atoms with E-state index in [1.807, 2.05) is 13.0 Å². The molecule has 5 nitrogen and oxygen atoms in total. The number of aryl methyl sites for hydroxylation is 1. The van der Waals surface area contributed by atoms with Crippen molar-refractivity contribution in [3.8, 4) is 0 Å². The van der Waals surface area contributed by atoms with Crippen LogP contribution in [0.25, 0.3) is 0 Å². The Morgan fingerprint density at radius 3 is 2.79 bits per heavy atom. The van der Waals surface area contributed by atoms with Crippen molar-refractivity contribution < 1.29 is 19.1 Å². The SMILES string of the molecule is CCCCN(CCO)Cc1cc(C)c(C(=O)OC)o1. The summed E-state index contributed by atoms with van der Waals surface area (Å²) in [6, 6.07) is 1.85. The largest absolute Gasteiger partial charge is 0.463 e. The van der Waals surface area contributed by atoms with E-state index in [1.54, 1.807) is 0 Å². The van der Waals surface area contributed by atoms with E-state index in [4.69, 9.17) is 9.52 Å². The number of carbonyl (C=O) groups is 1. The van der Waals surface area contributed by atoms with Gasteiger partial charge in [0.15, 0.2) is 0 Å². The predicted octanol–water partition coefficient (Wildman–Crippen LogP) is 1.97. The van der Waals surface area contributed by atoms with Gasteiger partial charge in [-0.25, -0.2) is 4.79 Å². The van der Waals surface area contributed by atoms with Crippen LogP contribution in [0.5, 0.6) is 0 Å². The summed E-state index contributed by atoms with van der Waals surface area (Å²) in [4.78, 5) is 13.6. The Morgan fingerprint density at radius 2 is 2.21 bits per heavy atom. The first-order chi connectivity index (χ1) is 9.12. The molecule has 0 aliphatic rings. The quantitative estimate of drug-likeness (QED) is 0.731. The second-order valence-electron chi connectivity index (χ2n) is 4.57. The van der Waals surface area contributed by atoms with Gasteiger partial charge in [0, 0.05) is 12.1 Å². The zero-order valence-corrected chi connectivity index (χ0v) is 11.9. The van der Waals surface area contributed by atoms with Gasteiger partial charge in [0.1, 0.15) is 5.76 Å². The zero-order valence-electron chi connectivity index (χ0n) is 11.9. The molecule has 5 heteroatoms. The lowest BCUT2D eigenvalue weighted by Crippen LogP contribution is -2.27. The number of ether oxygens (including phenoxy) is 1. The van der Waals surface area contributed by atoms with Crippen molar-refractivity contribution in [2.45, 2.75) is 33.2 Å². The van der Waals surface area contributed by atoms with Crippen molar-refractivity contribution in [1.82, 2.24) is 4.90 Å². The van der Waals surface area contributed by atoms with Crippen LogP contribution in [-0.2, 0) is 11.3 Å². The van der Waals surface area contributed by atoms with Crippen molar-refractivity contribution in [2.24, 2.45) is 0 Å². The van der Waals surface area contributed by atoms with Crippen LogP contribution in [0.3, 0.4) is 0 Å². The van der Waals surface area contributed by atoms with Gasteiger partial charge in [-0.2, -0.15) is 0 Å². The van der Waals surface area contributed by atoms with E-state index >= 15 is 0 Å². The number of methoxy groups -OCH3 is 1. The first-order valence-electron chi connectivity index (χ1n) is 6.63. The molecule has 0 amide bonds. The fourth-order valence-electron chi connectivity index (χ4n) is 1.93. The highest BCUT2D eigenvalue weighted by Crippen LogP contribution is 2.17. The maximum absolute atomic E-state index is 11.5. The van der Waals surface area contributed by atoms with Gasteiger partial charge in [0.25, 0.3) is 0 Å². The number of nitrogens with zero attached hydrogens (tertiary/aromatic N) is 1. The molecule has 0 spiro atoms. The first-order valence-corrected chi connectivity index (χ1v) is 6.63. The maximum Gasteiger partial charge on any atom is 0.374 e. The second kappa shape index (κ2) is 7.96. The molecule has 0 aromatic carbocycles. The summed E-state index contributed by atoms with van der Waals surface area (Å²) >= 11 is 0. The topological polar surface area (TPSA) is 62.9 Å². The van der Waals surface area contributed by atoms with Gasteiger partial charge in [-0.3, -0.25) is 4.90 Å². The van der Waals surface area contributed by atoms with E-state index in [2.05, 4.69) is 16.6 Å². The van der Waals surface area contributed by atoms with Crippen LogP contribution in [0, 0.1) is 6.92 Å². The number of hydrogen-bond acceptors (Lipinski definition) is 5. The molecule has 0 aliphatic heterocycles. The Labute approximate surface area is 114 Å². The molecule has 19 heavy (non-hydrogen) atoms. The third kappa shape index (κ3) is 4.69. The molecule has 1 heterocycles. The molecule has 0 bridgehead atoms. The Hall–Kier alpha value is -1.33. The van der Waals surface area contributed by atoms with Crippen molar-refractivity contribution in [1.29, 1.82) is 0 Å². The van der Waals surface area contributed by atoms with Gasteiger partial charge in [0.05, 0.1) is 20.3 Å². The highest BCUT2D eigenvalue weighted by molar-refractivity contribution is 5.87. The van der Waals surface area contributed by atoms with E-state index in [9.17, 15) is 4.79 Å². The number of furan rings is 1. The molecule has 1 aromatic rings. The van der Waals surface area contributed by atoms with Crippen LogP contribution < -0.4 is 0 Å². The van der Waals surface area contributed by atoms with Gasteiger partial charge in [-0.05, 0) is 26.0 Å². The van der Waals surface area contributed by atoms with Gasteiger partial charge < -0.3 is 14.3 Å². The standard InChI is InChI=1S/C14H23NO4/c1-4-5-6-15(7-8-16)10-12-9-11(2)13(19-12)14(17)18-3/h9,16H,4-8,10H2,1-3H3. The fraction of sp³-hybridized carbons (Fsp3) is 0.643. The van der Waals surface area contributed by atoms with Gasteiger partial charge >= 0.3 is 5.97 Å². The minimum absolute atomic E-state index is 0.118. The summed E-state index contributed by atoms with van der Waals surface area (Å²) in [5.41, 5.74) is 0.779. The van der Waals surface area contributed by atoms with Gasteiger partial charge in [-0.1, -0.05) is 13.3 Å². The Balaban J connectivity index is 2.70. The minimum Gasteiger partial charge on any atom is -0.463 e. The Kier molecular flexibility index (Phi) is 6.59. The summed E-state index contributed by atoms with van der Waals surface area (Å²) in [5.74, 6) is 0.533. The predicted molar refractivity (Wildman–Crippen MR) is 72.1 cm³/mol. The maximum atomic E-state index is 11.5. The molecule has 0 aliphatic carbocycles. The van der Waals surface area contributed by atoms with E-state index < -0.39 is 5.97 Å². The molecular weight excluding hydrogens is 246 g/mol. The van der Waals surface area contributed by atoms with Crippen LogP contribution >= 0.6 is 0 Å². The number of rotatable bonds is 8. The zero-order chi connectivity index (χ0) is 14.3. The number of carbonyl (C=O) groups excluding carboxylic acids is 1. The van der Waals surface area contributed by atoms with Crippen LogP contribution in [-0.4, -0.2) is 42.8 Å². The number of aliphatic hydroxyl groups is 1. The fourth-order valence-corrected chi connectivity index (χ4v) is 1.93. The van der Waals surface area contributed by atoms with E-state index in [0.29, 0.717) is 13.1 Å². The highest BCUT2D eigenvalue weighted by Gasteiger charge is 2.17. The molecule has 0 radical (unpaired) electrons. The molecule has 108 valence electrons. The number of unbranched alkanes of at least 4 members (excludes halogenated alkanes) is 1. The molecule has 1 aromatic heterocycles. The lowest BCUT2D eigenvalue weighted by Gasteiger charge is -2.19. The summed E-state index contributed by atoms with van der Waals surface area (Å²) in [6.07, 6.45) is 2.18. The molecule has 0 atom stereocenters. The summed E-state index contributed by atoms with van der Waals surface area (Å²) < 4.78 is 10.2. The Bertz CT molecular complexity index is 400. The Morgan fingerprint density at radius 1 is 1.47 bits per heavy atom. The summed E-state index contributed by atoms with van der Waals surface area (Å²) in [6.45, 7) is 6.18. The number of esters is 1. The van der Waals surface area contributed by atoms with Crippen molar-refractivity contribution in [3.63, 3.8) is 0 Å². The van der Waals surface area contributed by atoms with Gasteiger partial charge in [0.2, 0.25) is 5.76 Å². The third-order valence-electron chi connectivity index (χ3n) is 2.96. The van der Waals surface area contributed by atoms with E-state index in [0.717, 1.165) is 30.7 Å². The summed E-state index contributed by atoms with van der Waals surface area (Å²) in [7, 11) is 1.34. The van der Waals surface area contributed by atoms with Crippen LogP contribution in [0.15, 0.2) is 10.5 Å². The summed E-state index contributed by atoms with van der Waals surface area (Å²) in [5, 5.41) is 9.05. The molecule has 0 fully saturated rings. The average Bonchev–Trinajstić information content (AvgIpc) is 2.76. The average molecular weight is 269 g/mol. The number of aliphatic hydroxyl groups excluding tert-OH is 1. The number of hydrogen-bond donors (Lipinski definition) is 1. The molecule has 1 rings (SSSR count). The molecular formula is C14H23NO4. The van der Waals surface area contributed by atoms with Crippen LogP contribution in [0.1, 0.15) is 41.6 Å². The molecule has 0 unspecified atom stereocenters. The monoisotopic (exact) mass is 269 g/mol. The second-order valence-corrected chi connectivity index (χ2v) is 4.57. The van der Waals surface area contributed by atoms with E-state index in [-0.39, 0.29) is 12.4 Å². The van der Waals surface area contributed by atoms with Crippen LogP contribution in [0.4, 0.5) is 0 Å². The van der Waals surface area contributed by atoms with E-state index in [1.165, 1.54) is 7.11 Å². The first kappa shape index (κ1) is 15.7. The molecule has 0 saturated carbocycles. The van der Waals surface area contributed by atoms with Gasteiger partial charge in [-0.15, -0.1) is 0 Å². The van der Waals surface area contributed by atoms with Crippen molar-refractivity contribution in [3.05, 3.63) is 23.2 Å².